The smallest absolute Gasteiger partial charge is 0.416 e. The Morgan fingerprint density at radius 2 is 1.15 bits per heavy atom. The number of hydrogen-bond acceptors (Lipinski definition) is 10. The Bertz CT molecular complexity index is 1070. The van der Waals surface area contributed by atoms with Gasteiger partial charge in [0.25, 0.3) is 0 Å². The minimum atomic E-state index is -4.47. The monoisotopic (exact) mass is 659 g/mol. The number of rotatable bonds is 27. The number of carbonyl (C=O) groups is 1. The second-order valence-corrected chi connectivity index (χ2v) is 10.1. The molecule has 2 aromatic rings. The summed E-state index contributed by atoms with van der Waals surface area (Å²) in [6, 6.07) is 11.2. The minimum Gasteiger partial charge on any atom is -0.460 e. The fourth-order valence-corrected chi connectivity index (χ4v) is 3.69. The van der Waals surface area contributed by atoms with Gasteiger partial charge in [-0.1, -0.05) is 38.5 Å². The SMILES string of the molecule is CCC(C)COCCOCCOCCOCCOCCOCCOCCOC(=O)c1ccccc1Nc1cccc(C(F)(F)F)c1. The molecule has 0 fully saturated rings. The first kappa shape index (κ1) is 39.4. The molecular formula is C33H48F3NO9. The van der Waals surface area contributed by atoms with E-state index in [1.165, 1.54) is 18.2 Å². The van der Waals surface area contributed by atoms with Crippen LogP contribution in [0.15, 0.2) is 48.5 Å². The zero-order chi connectivity index (χ0) is 33.3. The highest BCUT2D eigenvalue weighted by molar-refractivity contribution is 5.96. The van der Waals surface area contributed by atoms with Crippen LogP contribution in [0.4, 0.5) is 24.5 Å². The van der Waals surface area contributed by atoms with Gasteiger partial charge >= 0.3 is 12.1 Å². The lowest BCUT2D eigenvalue weighted by molar-refractivity contribution is -0.137. The lowest BCUT2D eigenvalue weighted by Gasteiger charge is -2.13. The Balaban J connectivity index is 1.39. The first-order chi connectivity index (χ1) is 22.3. The molecule has 0 radical (unpaired) electrons. The molecule has 0 saturated heterocycles. The molecule has 0 aliphatic heterocycles. The van der Waals surface area contributed by atoms with Crippen LogP contribution in [0, 0.1) is 5.92 Å². The van der Waals surface area contributed by atoms with Crippen molar-refractivity contribution in [3.8, 4) is 0 Å². The molecule has 260 valence electrons. The van der Waals surface area contributed by atoms with Gasteiger partial charge < -0.3 is 43.2 Å². The Hall–Kier alpha value is -2.78. The van der Waals surface area contributed by atoms with E-state index in [9.17, 15) is 18.0 Å². The van der Waals surface area contributed by atoms with Crippen molar-refractivity contribution in [2.24, 2.45) is 5.92 Å². The van der Waals surface area contributed by atoms with Crippen LogP contribution in [-0.2, 0) is 44.1 Å². The van der Waals surface area contributed by atoms with Gasteiger partial charge in [-0.15, -0.1) is 0 Å². The number of esters is 1. The molecule has 1 atom stereocenters. The average molecular weight is 660 g/mol. The van der Waals surface area contributed by atoms with Crippen LogP contribution in [0.3, 0.4) is 0 Å². The zero-order valence-electron chi connectivity index (χ0n) is 26.8. The van der Waals surface area contributed by atoms with Crippen LogP contribution < -0.4 is 5.32 Å². The third-order valence-corrected chi connectivity index (χ3v) is 6.41. The van der Waals surface area contributed by atoms with Gasteiger partial charge in [0.15, 0.2) is 0 Å². The molecule has 1 N–H and O–H groups in total. The summed E-state index contributed by atoms with van der Waals surface area (Å²) in [5.74, 6) is -0.0483. The van der Waals surface area contributed by atoms with Crippen molar-refractivity contribution in [3.63, 3.8) is 0 Å². The van der Waals surface area contributed by atoms with Crippen molar-refractivity contribution in [1.29, 1.82) is 0 Å². The Labute approximate surface area is 269 Å². The van der Waals surface area contributed by atoms with Gasteiger partial charge in [0.1, 0.15) is 6.61 Å². The van der Waals surface area contributed by atoms with E-state index in [4.69, 9.17) is 37.9 Å². The van der Waals surface area contributed by atoms with E-state index < -0.39 is 17.7 Å². The van der Waals surface area contributed by atoms with E-state index in [1.807, 2.05) is 0 Å². The number of halogens is 3. The fraction of sp³-hybridized carbons (Fsp3) is 0.606. The molecule has 0 bridgehead atoms. The summed E-state index contributed by atoms with van der Waals surface area (Å²) in [6.07, 6.45) is -3.36. The molecule has 46 heavy (non-hydrogen) atoms. The van der Waals surface area contributed by atoms with Crippen molar-refractivity contribution in [2.45, 2.75) is 26.4 Å². The standard InChI is InChI=1S/C33H48F3NO9/c1-3-27(2)26-45-22-21-43-18-17-41-14-13-39-11-12-40-15-16-42-19-20-44-23-24-46-32(38)30-9-4-5-10-31(30)37-29-8-6-7-28(25-29)33(34,35)36/h4-10,25,27,37H,3,11-24,26H2,1-2H3. The molecule has 10 nitrogen and oxygen atoms in total. The predicted octanol–water partition coefficient (Wildman–Crippen LogP) is 5.77. The van der Waals surface area contributed by atoms with Crippen LogP contribution in [0.2, 0.25) is 0 Å². The summed E-state index contributed by atoms with van der Waals surface area (Å²) < 4.78 is 82.5. The molecule has 0 heterocycles. The van der Waals surface area contributed by atoms with Gasteiger partial charge in [-0.3, -0.25) is 0 Å². The number of carbonyl (C=O) groups excluding carboxylic acids is 1. The second kappa shape index (κ2) is 24.4. The summed E-state index contributed by atoms with van der Waals surface area (Å²) in [5, 5.41) is 2.86. The highest BCUT2D eigenvalue weighted by Crippen LogP contribution is 2.32. The number of nitrogens with one attached hydrogen (secondary N) is 1. The largest absolute Gasteiger partial charge is 0.460 e. The average Bonchev–Trinajstić information content (AvgIpc) is 3.04. The van der Waals surface area contributed by atoms with E-state index in [0.717, 1.165) is 25.2 Å². The molecule has 1 unspecified atom stereocenters. The Kier molecular flexibility index (Phi) is 20.9. The first-order valence-corrected chi connectivity index (χ1v) is 15.6. The quantitative estimate of drug-likeness (QED) is 0.0940. The van der Waals surface area contributed by atoms with E-state index >= 15 is 0 Å². The van der Waals surface area contributed by atoms with Crippen LogP contribution in [0.5, 0.6) is 0 Å². The van der Waals surface area contributed by atoms with Crippen LogP contribution in [0.1, 0.15) is 36.2 Å². The van der Waals surface area contributed by atoms with Crippen molar-refractivity contribution in [2.75, 3.05) is 104 Å². The van der Waals surface area contributed by atoms with Gasteiger partial charge in [-0.25, -0.2) is 4.79 Å². The maximum absolute atomic E-state index is 13.0. The number of para-hydroxylation sites is 1. The predicted molar refractivity (Wildman–Crippen MR) is 167 cm³/mol. The highest BCUT2D eigenvalue weighted by Gasteiger charge is 2.30. The van der Waals surface area contributed by atoms with Gasteiger partial charge in [0.05, 0.1) is 103 Å². The summed E-state index contributed by atoms with van der Waals surface area (Å²) in [7, 11) is 0. The Morgan fingerprint density at radius 1 is 0.674 bits per heavy atom. The van der Waals surface area contributed by atoms with Crippen LogP contribution in [-0.4, -0.2) is 105 Å². The summed E-state index contributed by atoms with van der Waals surface area (Å²) in [6.45, 7) is 10.8. The highest BCUT2D eigenvalue weighted by atomic mass is 19.4. The lowest BCUT2D eigenvalue weighted by atomic mass is 10.1. The number of alkyl halides is 3. The van der Waals surface area contributed by atoms with Gasteiger partial charge in [0, 0.05) is 12.3 Å². The van der Waals surface area contributed by atoms with Crippen LogP contribution in [0.25, 0.3) is 0 Å². The second-order valence-electron chi connectivity index (χ2n) is 10.1. The molecular weight excluding hydrogens is 611 g/mol. The first-order valence-electron chi connectivity index (χ1n) is 15.6. The van der Waals surface area contributed by atoms with Crippen molar-refractivity contribution in [3.05, 3.63) is 59.7 Å². The number of anilines is 2. The zero-order valence-corrected chi connectivity index (χ0v) is 26.8. The van der Waals surface area contributed by atoms with Gasteiger partial charge in [-0.2, -0.15) is 13.2 Å². The van der Waals surface area contributed by atoms with E-state index in [-0.39, 0.29) is 24.5 Å². The van der Waals surface area contributed by atoms with E-state index in [1.54, 1.807) is 18.2 Å². The number of hydrogen-bond donors (Lipinski definition) is 1. The fourth-order valence-electron chi connectivity index (χ4n) is 3.69. The number of ether oxygens (including phenoxy) is 8. The van der Waals surface area contributed by atoms with Crippen molar-refractivity contribution < 1.29 is 55.9 Å². The molecule has 2 aromatic carbocycles. The maximum atomic E-state index is 13.0. The van der Waals surface area contributed by atoms with Gasteiger partial charge in [-0.05, 0) is 36.2 Å². The normalized spacial score (nSPS) is 12.3. The maximum Gasteiger partial charge on any atom is 0.416 e. The topological polar surface area (TPSA) is 103 Å². The molecule has 0 aliphatic carbocycles. The third kappa shape index (κ3) is 18.4. The molecule has 0 aliphatic rings. The van der Waals surface area contributed by atoms with Crippen molar-refractivity contribution in [1.82, 2.24) is 0 Å². The molecule has 2 rings (SSSR count). The molecule has 0 saturated carbocycles. The van der Waals surface area contributed by atoms with E-state index in [2.05, 4.69) is 19.2 Å². The third-order valence-electron chi connectivity index (χ3n) is 6.41. The Morgan fingerprint density at radius 3 is 1.65 bits per heavy atom. The molecule has 13 heteroatoms. The summed E-state index contributed by atoms with van der Waals surface area (Å²) in [5.41, 5.74) is -0.0708. The number of benzene rings is 2. The molecule has 0 amide bonds. The molecule has 0 aromatic heterocycles. The summed E-state index contributed by atoms with van der Waals surface area (Å²) in [4.78, 5) is 12.6. The summed E-state index contributed by atoms with van der Waals surface area (Å²) >= 11 is 0. The van der Waals surface area contributed by atoms with E-state index in [0.29, 0.717) is 90.9 Å². The molecule has 0 spiro atoms. The van der Waals surface area contributed by atoms with Gasteiger partial charge in [0.2, 0.25) is 0 Å². The van der Waals surface area contributed by atoms with Crippen LogP contribution >= 0.6 is 0 Å². The lowest BCUT2D eigenvalue weighted by Crippen LogP contribution is -2.16. The minimum absolute atomic E-state index is 0.00667. The van der Waals surface area contributed by atoms with Crippen molar-refractivity contribution >= 4 is 17.3 Å².